The van der Waals surface area contributed by atoms with Crippen LogP contribution in [0.2, 0.25) is 0 Å². The summed E-state index contributed by atoms with van der Waals surface area (Å²) in [6.07, 6.45) is 30.3. The first-order chi connectivity index (χ1) is 63.3. The zero-order chi connectivity index (χ0) is 94.4. The van der Waals surface area contributed by atoms with E-state index in [2.05, 4.69) is 252 Å². The van der Waals surface area contributed by atoms with Gasteiger partial charge in [0.05, 0.1) is 39.0 Å². The minimum absolute atomic E-state index is 0. The van der Waals surface area contributed by atoms with Crippen LogP contribution in [0.3, 0.4) is 0 Å². The van der Waals surface area contributed by atoms with Crippen LogP contribution in [0.5, 0.6) is 0 Å². The molecule has 4 aliphatic rings. The molecule has 3 saturated carbocycles. The summed E-state index contributed by atoms with van der Waals surface area (Å²) in [7, 11) is 0. The molecule has 12 aromatic rings. The number of benzene rings is 8. The fourth-order valence-electron chi connectivity index (χ4n) is 19.7. The number of pyridine rings is 4. The van der Waals surface area contributed by atoms with Gasteiger partial charge in [0.25, 0.3) is 0 Å². The number of aliphatic hydroxyl groups is 3. The van der Waals surface area contributed by atoms with Gasteiger partial charge >= 0.3 is 0 Å². The molecule has 0 spiro atoms. The molecule has 16 rings (SSSR count). The van der Waals surface area contributed by atoms with Crippen LogP contribution < -0.4 is 4.57 Å². The molecule has 3 fully saturated rings. The number of nitrogens with zero attached hydrogens (tertiary/aromatic N) is 4. The van der Waals surface area contributed by atoms with Crippen molar-refractivity contribution in [3.63, 3.8) is 0 Å². The summed E-state index contributed by atoms with van der Waals surface area (Å²) < 4.78 is 2.34. The molecule has 3 radical (unpaired) electrons. The van der Waals surface area contributed by atoms with Crippen molar-refractivity contribution < 1.29 is 94.6 Å². The third-order valence-electron chi connectivity index (χ3n) is 27.9. The predicted molar refractivity (Wildman–Crippen MR) is 550 cm³/mol. The fourth-order valence-corrected chi connectivity index (χ4v) is 19.7. The van der Waals surface area contributed by atoms with Crippen LogP contribution in [0.1, 0.15) is 311 Å². The molecule has 0 bridgehead atoms. The van der Waals surface area contributed by atoms with Gasteiger partial charge in [-0.3, -0.25) is 29.3 Å². The number of carbonyl (C=O) groups is 3. The van der Waals surface area contributed by atoms with Crippen LogP contribution >= 0.6 is 0 Å². The minimum Gasteiger partial charge on any atom is -0.512 e. The van der Waals surface area contributed by atoms with E-state index in [-0.39, 0.29) is 125 Å². The first-order valence-electron chi connectivity index (χ1n) is 49.8. The van der Waals surface area contributed by atoms with Gasteiger partial charge in [0.2, 0.25) is 5.69 Å². The molecule has 5 heterocycles. The van der Waals surface area contributed by atoms with E-state index in [1.807, 2.05) is 83.1 Å². The first-order valence-corrected chi connectivity index (χ1v) is 49.8. The average Bonchev–Trinajstić information content (AvgIpc) is 1.61. The summed E-state index contributed by atoms with van der Waals surface area (Å²) in [6.45, 7) is 39.7. The largest absolute Gasteiger partial charge is 0.512 e. The zero-order valence-corrected chi connectivity index (χ0v) is 90.8. The molecule has 3 N–H and O–H groups in total. The molecule has 3 aliphatic carbocycles. The Labute approximate surface area is 844 Å². The molecule has 0 unspecified atom stereocenters. The van der Waals surface area contributed by atoms with Crippen molar-refractivity contribution in [3.8, 4) is 45.0 Å². The van der Waals surface area contributed by atoms with Gasteiger partial charge in [0, 0.05) is 141 Å². The molecule has 134 heavy (non-hydrogen) atoms. The van der Waals surface area contributed by atoms with Crippen molar-refractivity contribution in [3.05, 3.63) is 297 Å². The Morgan fingerprint density at radius 1 is 0.373 bits per heavy atom. The second kappa shape index (κ2) is 56.0. The van der Waals surface area contributed by atoms with Gasteiger partial charge in [-0.25, -0.2) is 0 Å². The van der Waals surface area contributed by atoms with Crippen LogP contribution in [0, 0.1) is 95.2 Å². The van der Waals surface area contributed by atoms with Gasteiger partial charge < -0.3 is 15.3 Å². The zero-order valence-electron chi connectivity index (χ0n) is 83.6. The summed E-state index contributed by atoms with van der Waals surface area (Å²) in [5, 5.41) is 36.2. The van der Waals surface area contributed by atoms with E-state index in [1.165, 1.54) is 177 Å². The van der Waals surface area contributed by atoms with Crippen molar-refractivity contribution in [2.75, 3.05) is 0 Å². The second-order valence-electron chi connectivity index (χ2n) is 37.1. The number of ketones is 3. The van der Waals surface area contributed by atoms with E-state index in [4.69, 9.17) is 15.0 Å². The first kappa shape index (κ1) is 112. The Kier molecular flexibility index (Phi) is 46.8. The Morgan fingerprint density at radius 2 is 0.709 bits per heavy atom. The molecule has 0 saturated heterocycles. The Morgan fingerprint density at radius 3 is 1.04 bits per heavy atom. The van der Waals surface area contributed by atoms with E-state index in [9.17, 15) is 29.7 Å². The summed E-state index contributed by atoms with van der Waals surface area (Å²) in [6, 6.07) is 75.7. The number of fused-ring (bicyclic) bond motifs is 8. The van der Waals surface area contributed by atoms with Crippen molar-refractivity contribution in [1.29, 1.82) is 0 Å². The van der Waals surface area contributed by atoms with Gasteiger partial charge in [-0.2, -0.15) is 4.57 Å². The van der Waals surface area contributed by atoms with Crippen LogP contribution in [0.15, 0.2) is 223 Å². The second-order valence-corrected chi connectivity index (χ2v) is 37.1. The monoisotopic (exact) mass is 2330 g/mol. The Balaban J connectivity index is 0.000000214. The van der Waals surface area contributed by atoms with E-state index in [0.29, 0.717) is 11.3 Å². The summed E-state index contributed by atoms with van der Waals surface area (Å²) in [5.41, 5.74) is 26.1. The number of carbonyl (C=O) groups excluding carboxylic acids is 3. The number of aliphatic hydroxyl groups excluding tert-OH is 3. The Bertz CT molecular complexity index is 5630. The van der Waals surface area contributed by atoms with E-state index in [0.717, 1.165) is 152 Å². The van der Waals surface area contributed by atoms with Crippen LogP contribution in [0.4, 0.5) is 0 Å². The molecule has 0 amide bonds. The summed E-state index contributed by atoms with van der Waals surface area (Å²) in [4.78, 5) is 50.3. The predicted octanol–water partition coefficient (Wildman–Crippen LogP) is 32.7. The molecule has 719 valence electrons. The quantitative estimate of drug-likeness (QED) is 0.0198. The topological polar surface area (TPSA) is 154 Å². The minimum atomic E-state index is 0. The number of rotatable bonds is 27. The molecule has 8 aromatic carbocycles. The molecular formula is C121H150Ir3N4O6-2. The van der Waals surface area contributed by atoms with Gasteiger partial charge in [-0.05, 0) is 210 Å². The standard InChI is InChI=1S/2C22H22N.C21H20N.C16H12N.C14H26O2.2C13H24O2.3Ir/c2*1-15-12-16(2)14-18(13-15)21-11-10-20-19(17-6-3-4-7-17)8-5-9-22(20)23-21;1-14-11-15(2)13-17(12-14)20-10-9-19-18(16-5-3-6-16)7-4-8-21(19)22-20;1-3-7-14-12(5-1)9-10-17-11-13-6-2-4-8-15(13)16(14)17;1-6-11(7-2)13(15)10(5)14(16)12(8-3)9-4;2*1-5-10(6-2)12(14)9-13(15)11(7-3)8-4;;;/h2*5,8-13,17H,3-4,6-7H2,1-2H3;4,7-12,16H,3,5-6H2,1-2H3;1-10H,11H2;11-12,15H,6-9H2,1-5H3;2*9-11,14H,5-8H2,1-4H3;;;/q3*-1;+1;;;;;;. The van der Waals surface area contributed by atoms with Crippen LogP contribution in [-0.2, 0) is 81.2 Å². The average molecular weight is 2330 g/mol. The van der Waals surface area contributed by atoms with Gasteiger partial charge in [0.15, 0.2) is 30.1 Å². The van der Waals surface area contributed by atoms with E-state index in [1.54, 1.807) is 6.92 Å². The smallest absolute Gasteiger partial charge is 0.221 e. The van der Waals surface area contributed by atoms with Gasteiger partial charge in [-0.15, -0.1) is 105 Å². The van der Waals surface area contributed by atoms with Crippen molar-refractivity contribution in [1.82, 2.24) is 15.0 Å². The van der Waals surface area contributed by atoms with Gasteiger partial charge in [0.1, 0.15) is 5.76 Å². The number of allylic oxidation sites excluding steroid dienone is 6. The molecule has 4 aromatic heterocycles. The maximum atomic E-state index is 12.1. The van der Waals surface area contributed by atoms with E-state index >= 15 is 0 Å². The molecular weight excluding hydrogens is 2180 g/mol. The molecule has 1 aliphatic heterocycles. The number of aromatic nitrogens is 4. The molecule has 10 nitrogen and oxygen atoms in total. The molecule has 0 atom stereocenters. The SMILES string of the molecule is CCC(CC)C(=O)C(C)=C(O)C(CC)CC.CCC(CC)C(=O)C=C(O)C(CC)CC.CCC(CC)C(=O)C=C(O)C(CC)CC.Cc1[c-]c(-c2ccc3c(C4CCC4)cccc3n2)cc(C)c1.Cc1[c-]c(-c2ccc3c(C4CCCC4)cccc3n2)cc(C)c1.Cc1[c-]c(-c2ccc3c(C4CCCC4)cccc3n2)cc(C)c1.[Ir].[Ir].[Ir].c1ccc2c(c1)C[n+]1ccc3ccccc3c1-2. The number of Topliss-reactive ketones (excluding diaryl/α,β-unsaturated/α-hetero) is 1. The number of hydrogen-bond donors (Lipinski definition) is 3. The fraction of sp³-hybridized carbons (Fsp3) is 0.430. The normalized spacial score (nSPS) is 13.7. The maximum Gasteiger partial charge on any atom is 0.221 e. The van der Waals surface area contributed by atoms with Crippen molar-refractivity contribution >= 4 is 60.8 Å². The van der Waals surface area contributed by atoms with Crippen molar-refractivity contribution in [2.24, 2.45) is 35.5 Å². The Hall–Kier alpha value is -9.02. The third-order valence-corrected chi connectivity index (χ3v) is 27.9. The molecule has 13 heteroatoms. The maximum absolute atomic E-state index is 12.1. The number of aryl methyl sites for hydroxylation is 6. The van der Waals surface area contributed by atoms with Crippen LogP contribution in [0.25, 0.3) is 88.5 Å². The van der Waals surface area contributed by atoms with Crippen LogP contribution in [-0.4, -0.2) is 47.6 Å². The summed E-state index contributed by atoms with van der Waals surface area (Å²) in [5.74, 6) is 3.91. The van der Waals surface area contributed by atoms with Gasteiger partial charge in [-0.1, -0.05) is 266 Å². The number of hydrogen-bond acceptors (Lipinski definition) is 9. The van der Waals surface area contributed by atoms with E-state index < -0.39 is 0 Å². The third kappa shape index (κ3) is 30.0. The van der Waals surface area contributed by atoms with Crippen molar-refractivity contribution in [2.45, 2.75) is 304 Å². The summed E-state index contributed by atoms with van der Waals surface area (Å²) >= 11 is 0.